The smallest absolute Gasteiger partial charge is 0.284 e. The molecule has 2 aromatic rings. The van der Waals surface area contributed by atoms with E-state index in [-0.39, 0.29) is 4.90 Å². The fourth-order valence-corrected chi connectivity index (χ4v) is 3.17. The van der Waals surface area contributed by atoms with Crippen LogP contribution in [0.3, 0.4) is 0 Å². The van der Waals surface area contributed by atoms with E-state index in [2.05, 4.69) is 10.2 Å². The molecule has 1 aliphatic rings. The molecule has 0 aromatic heterocycles. The molecule has 0 spiro atoms. The standard InChI is InChI=1S/C15H14N2O4S/c18-15(17-22(19,20)13-9-5-2-6-10-13)11-14(16-21-15)12-7-3-1-4-8-12/h1-11,16-18H. The minimum Gasteiger partial charge on any atom is -0.348 e. The zero-order valence-corrected chi connectivity index (χ0v) is 12.2. The molecule has 0 bridgehead atoms. The molecule has 3 rings (SSSR count). The van der Waals surface area contributed by atoms with Gasteiger partial charge in [-0.2, -0.15) is 4.72 Å². The Morgan fingerprint density at radius 3 is 2.23 bits per heavy atom. The molecule has 7 heteroatoms. The number of nitrogens with one attached hydrogen (secondary N) is 2. The van der Waals surface area contributed by atoms with Gasteiger partial charge in [0.25, 0.3) is 5.91 Å². The van der Waals surface area contributed by atoms with Crippen molar-refractivity contribution in [3.63, 3.8) is 0 Å². The summed E-state index contributed by atoms with van der Waals surface area (Å²) in [7, 11) is -3.92. The maximum absolute atomic E-state index is 12.2. The molecule has 0 saturated heterocycles. The Bertz CT molecular complexity index is 791. The van der Waals surface area contributed by atoms with E-state index in [9.17, 15) is 13.5 Å². The van der Waals surface area contributed by atoms with Crippen LogP contribution < -0.4 is 10.2 Å². The molecule has 22 heavy (non-hydrogen) atoms. The molecule has 0 radical (unpaired) electrons. The molecule has 0 amide bonds. The summed E-state index contributed by atoms with van der Waals surface area (Å²) in [6.45, 7) is 0. The highest BCUT2D eigenvalue weighted by Gasteiger charge is 2.37. The molecule has 2 aromatic carbocycles. The molecule has 6 nitrogen and oxygen atoms in total. The van der Waals surface area contributed by atoms with Crippen LogP contribution in [0.1, 0.15) is 5.56 Å². The zero-order valence-electron chi connectivity index (χ0n) is 11.4. The second kappa shape index (κ2) is 5.54. The molecule has 3 N–H and O–H groups in total. The second-order valence-electron chi connectivity index (χ2n) is 4.74. The fraction of sp³-hybridized carbons (Fsp3) is 0.0667. The third-order valence-corrected chi connectivity index (χ3v) is 4.53. The Morgan fingerprint density at radius 2 is 1.59 bits per heavy atom. The summed E-state index contributed by atoms with van der Waals surface area (Å²) < 4.78 is 26.6. The summed E-state index contributed by atoms with van der Waals surface area (Å²) >= 11 is 0. The van der Waals surface area contributed by atoms with Gasteiger partial charge in [-0.05, 0) is 17.7 Å². The lowest BCUT2D eigenvalue weighted by atomic mass is 10.1. The predicted octanol–water partition coefficient (Wildman–Crippen LogP) is 1.19. The van der Waals surface area contributed by atoms with Crippen molar-refractivity contribution in [2.75, 3.05) is 0 Å². The van der Waals surface area contributed by atoms with Crippen LogP contribution in [0.5, 0.6) is 0 Å². The van der Waals surface area contributed by atoms with Crippen molar-refractivity contribution in [1.82, 2.24) is 10.2 Å². The van der Waals surface area contributed by atoms with Gasteiger partial charge in [-0.3, -0.25) is 5.48 Å². The van der Waals surface area contributed by atoms with Gasteiger partial charge in [-0.15, -0.1) is 0 Å². The van der Waals surface area contributed by atoms with Crippen LogP contribution in [0.4, 0.5) is 0 Å². The van der Waals surface area contributed by atoms with Crippen LogP contribution in [-0.2, 0) is 14.9 Å². The van der Waals surface area contributed by atoms with Crippen molar-refractivity contribution in [3.05, 3.63) is 72.3 Å². The van der Waals surface area contributed by atoms with Crippen LogP contribution in [0, 0.1) is 0 Å². The lowest BCUT2D eigenvalue weighted by Gasteiger charge is -2.19. The maximum atomic E-state index is 12.2. The van der Waals surface area contributed by atoms with Gasteiger partial charge in [0.15, 0.2) is 0 Å². The van der Waals surface area contributed by atoms with Crippen molar-refractivity contribution >= 4 is 15.7 Å². The summed E-state index contributed by atoms with van der Waals surface area (Å²) in [5.41, 5.74) is 3.75. The zero-order chi connectivity index (χ0) is 15.6. The number of aliphatic hydroxyl groups is 1. The van der Waals surface area contributed by atoms with Crippen molar-refractivity contribution in [2.24, 2.45) is 0 Å². The van der Waals surface area contributed by atoms with Crippen molar-refractivity contribution in [2.45, 2.75) is 10.8 Å². The van der Waals surface area contributed by atoms with E-state index >= 15 is 0 Å². The molecule has 0 fully saturated rings. The second-order valence-corrected chi connectivity index (χ2v) is 6.43. The van der Waals surface area contributed by atoms with Gasteiger partial charge in [-0.25, -0.2) is 13.3 Å². The molecular weight excluding hydrogens is 304 g/mol. The quantitative estimate of drug-likeness (QED) is 0.737. The van der Waals surface area contributed by atoms with Gasteiger partial charge in [0.2, 0.25) is 10.0 Å². The summed E-state index contributed by atoms with van der Waals surface area (Å²) in [5, 5.41) is 10.3. The van der Waals surface area contributed by atoms with E-state index in [0.29, 0.717) is 5.70 Å². The third-order valence-electron chi connectivity index (χ3n) is 3.08. The largest absolute Gasteiger partial charge is 0.348 e. The summed E-state index contributed by atoms with van der Waals surface area (Å²) in [6, 6.07) is 16.9. The first kappa shape index (κ1) is 14.7. The molecule has 1 heterocycles. The highest BCUT2D eigenvalue weighted by Crippen LogP contribution is 2.24. The van der Waals surface area contributed by atoms with Crippen molar-refractivity contribution < 1.29 is 18.4 Å². The fourth-order valence-electron chi connectivity index (χ4n) is 2.05. The summed E-state index contributed by atoms with van der Waals surface area (Å²) in [5.74, 6) is -2.15. The number of hydrogen-bond donors (Lipinski definition) is 3. The van der Waals surface area contributed by atoms with E-state index in [1.54, 1.807) is 30.3 Å². The lowest BCUT2D eigenvalue weighted by molar-refractivity contribution is -0.187. The van der Waals surface area contributed by atoms with Crippen molar-refractivity contribution in [1.29, 1.82) is 0 Å². The van der Waals surface area contributed by atoms with Crippen LogP contribution in [-0.4, -0.2) is 19.4 Å². The SMILES string of the molecule is O=S(=O)(NC1(O)C=C(c2ccccc2)NO1)c1ccccc1. The van der Waals surface area contributed by atoms with Gasteiger partial charge >= 0.3 is 0 Å². The Labute approximate surface area is 128 Å². The maximum Gasteiger partial charge on any atom is 0.284 e. The highest BCUT2D eigenvalue weighted by molar-refractivity contribution is 7.89. The number of hydroxylamine groups is 1. The molecule has 0 saturated carbocycles. The molecular formula is C15H14N2O4S. The Kier molecular flexibility index (Phi) is 3.71. The molecule has 1 aliphatic heterocycles. The highest BCUT2D eigenvalue weighted by atomic mass is 32.2. The predicted molar refractivity (Wildman–Crippen MR) is 80.4 cm³/mol. The number of benzene rings is 2. The normalized spacial score (nSPS) is 21.2. The van der Waals surface area contributed by atoms with Crippen LogP contribution in [0.15, 0.2) is 71.6 Å². The first-order valence-corrected chi connectivity index (χ1v) is 8.01. The number of hydrogen-bond acceptors (Lipinski definition) is 5. The Hall–Kier alpha value is -2.19. The Balaban J connectivity index is 1.85. The van der Waals surface area contributed by atoms with Gasteiger partial charge in [0.05, 0.1) is 10.6 Å². The first-order chi connectivity index (χ1) is 10.5. The third kappa shape index (κ3) is 3.02. The van der Waals surface area contributed by atoms with Crippen LogP contribution >= 0.6 is 0 Å². The van der Waals surface area contributed by atoms with Gasteiger partial charge in [0, 0.05) is 6.08 Å². The molecule has 1 atom stereocenters. The van der Waals surface area contributed by atoms with Crippen LogP contribution in [0.25, 0.3) is 5.70 Å². The monoisotopic (exact) mass is 318 g/mol. The summed E-state index contributed by atoms with van der Waals surface area (Å²) in [6.07, 6.45) is 1.27. The first-order valence-electron chi connectivity index (χ1n) is 6.52. The average molecular weight is 318 g/mol. The topological polar surface area (TPSA) is 87.7 Å². The number of rotatable bonds is 4. The molecule has 1 unspecified atom stereocenters. The summed E-state index contributed by atoms with van der Waals surface area (Å²) in [4.78, 5) is 5.02. The minimum absolute atomic E-state index is 0.0357. The average Bonchev–Trinajstić information content (AvgIpc) is 2.90. The molecule has 0 aliphatic carbocycles. The van der Waals surface area contributed by atoms with E-state index in [1.807, 2.05) is 18.2 Å². The lowest BCUT2D eigenvalue weighted by Crippen LogP contribution is -2.48. The van der Waals surface area contributed by atoms with E-state index in [0.717, 1.165) is 5.56 Å². The van der Waals surface area contributed by atoms with Gasteiger partial charge in [0.1, 0.15) is 0 Å². The Morgan fingerprint density at radius 1 is 1.00 bits per heavy atom. The van der Waals surface area contributed by atoms with Gasteiger partial charge in [-0.1, -0.05) is 48.5 Å². The van der Waals surface area contributed by atoms with Crippen molar-refractivity contribution in [3.8, 4) is 0 Å². The van der Waals surface area contributed by atoms with E-state index in [4.69, 9.17) is 4.84 Å². The van der Waals surface area contributed by atoms with Crippen LogP contribution in [0.2, 0.25) is 0 Å². The van der Waals surface area contributed by atoms with E-state index in [1.165, 1.54) is 18.2 Å². The van der Waals surface area contributed by atoms with E-state index < -0.39 is 15.9 Å². The molecule has 114 valence electrons. The van der Waals surface area contributed by atoms with Gasteiger partial charge < -0.3 is 5.11 Å². The number of sulfonamides is 1. The minimum atomic E-state index is -3.92.